The molecule has 1 saturated heterocycles. The number of sulfonamides is 1. The lowest BCUT2D eigenvalue weighted by Crippen LogP contribution is -2.48. The topological polar surface area (TPSA) is 102 Å². The maximum Gasteiger partial charge on any atom is 0.338 e. The van der Waals surface area contributed by atoms with E-state index in [0.29, 0.717) is 12.8 Å². The summed E-state index contributed by atoms with van der Waals surface area (Å²) >= 11 is 0. The van der Waals surface area contributed by atoms with Crippen molar-refractivity contribution in [1.82, 2.24) is 9.62 Å². The fourth-order valence-electron chi connectivity index (χ4n) is 3.78. The Morgan fingerprint density at radius 2 is 1.76 bits per heavy atom. The second-order valence-corrected chi connectivity index (χ2v) is 10.5. The monoisotopic (exact) mass is 488 g/mol. The minimum atomic E-state index is -3.76. The van der Waals surface area contributed by atoms with E-state index in [1.165, 1.54) is 34.1 Å². The summed E-state index contributed by atoms with van der Waals surface area (Å²) < 4.78 is 38.3. The number of carbonyl (C=O) groups is 2. The van der Waals surface area contributed by atoms with Crippen LogP contribution in [0.3, 0.4) is 0 Å². The molecule has 1 N–H and O–H groups in total. The van der Waals surface area contributed by atoms with Crippen LogP contribution in [-0.4, -0.2) is 63.0 Å². The Balaban J connectivity index is 1.47. The normalized spacial score (nSPS) is 18.9. The molecular formula is C25H32N2O6S. The molecule has 3 rings (SSSR count). The van der Waals surface area contributed by atoms with Gasteiger partial charge in [0.2, 0.25) is 15.9 Å². The van der Waals surface area contributed by atoms with E-state index in [0.717, 1.165) is 5.56 Å². The predicted molar refractivity (Wildman–Crippen MR) is 128 cm³/mol. The Kier molecular flexibility index (Phi) is 8.82. The van der Waals surface area contributed by atoms with Crippen molar-refractivity contribution in [3.05, 3.63) is 65.2 Å². The SMILES string of the molecule is Cc1ccc(CCC(=O)NCCOC(=O)c2cccc(S(=O)(=O)N3CC(C)OC(C)C3)c2)cc1. The Morgan fingerprint density at radius 3 is 2.44 bits per heavy atom. The number of morpholine rings is 1. The van der Waals surface area contributed by atoms with Crippen LogP contribution < -0.4 is 5.32 Å². The number of carbonyl (C=O) groups excluding carboxylic acids is 2. The van der Waals surface area contributed by atoms with E-state index in [-0.39, 0.29) is 54.8 Å². The van der Waals surface area contributed by atoms with Crippen molar-refractivity contribution in [3.63, 3.8) is 0 Å². The third-order valence-corrected chi connectivity index (χ3v) is 7.34. The summed E-state index contributed by atoms with van der Waals surface area (Å²) in [6, 6.07) is 13.8. The van der Waals surface area contributed by atoms with Crippen LogP contribution in [0.2, 0.25) is 0 Å². The molecule has 1 aliphatic heterocycles. The number of hydrogen-bond acceptors (Lipinski definition) is 6. The second-order valence-electron chi connectivity index (χ2n) is 8.58. The van der Waals surface area contributed by atoms with E-state index in [2.05, 4.69) is 5.32 Å². The predicted octanol–water partition coefficient (Wildman–Crippen LogP) is 2.70. The van der Waals surface area contributed by atoms with Crippen LogP contribution in [0.4, 0.5) is 0 Å². The number of nitrogens with one attached hydrogen (secondary N) is 1. The molecule has 2 unspecified atom stereocenters. The van der Waals surface area contributed by atoms with Crippen LogP contribution in [0.1, 0.15) is 41.8 Å². The van der Waals surface area contributed by atoms with Crippen LogP contribution >= 0.6 is 0 Å². The van der Waals surface area contributed by atoms with Crippen molar-refractivity contribution in [1.29, 1.82) is 0 Å². The number of hydrogen-bond donors (Lipinski definition) is 1. The van der Waals surface area contributed by atoms with E-state index < -0.39 is 16.0 Å². The third kappa shape index (κ3) is 7.12. The third-order valence-electron chi connectivity index (χ3n) is 5.51. The van der Waals surface area contributed by atoms with Crippen LogP contribution in [0.15, 0.2) is 53.4 Å². The van der Waals surface area contributed by atoms with Gasteiger partial charge in [0.05, 0.1) is 29.2 Å². The fourth-order valence-corrected chi connectivity index (χ4v) is 5.42. The maximum absolute atomic E-state index is 13.0. The van der Waals surface area contributed by atoms with Gasteiger partial charge in [-0.05, 0) is 51.0 Å². The summed E-state index contributed by atoms with van der Waals surface area (Å²) in [6.07, 6.45) is 0.557. The molecule has 2 aromatic carbocycles. The van der Waals surface area contributed by atoms with Gasteiger partial charge in [0, 0.05) is 19.5 Å². The Morgan fingerprint density at radius 1 is 1.09 bits per heavy atom. The maximum atomic E-state index is 13.0. The number of ether oxygens (including phenoxy) is 2. The minimum Gasteiger partial charge on any atom is -0.460 e. The number of aryl methyl sites for hydroxylation is 2. The van der Waals surface area contributed by atoms with Crippen LogP contribution in [0.25, 0.3) is 0 Å². The number of esters is 1. The molecule has 1 heterocycles. The molecule has 8 nitrogen and oxygen atoms in total. The highest BCUT2D eigenvalue weighted by Gasteiger charge is 2.32. The molecule has 1 aliphatic rings. The summed E-state index contributed by atoms with van der Waals surface area (Å²) in [5.74, 6) is -0.770. The summed E-state index contributed by atoms with van der Waals surface area (Å²) in [5.41, 5.74) is 2.40. The number of benzene rings is 2. The van der Waals surface area contributed by atoms with Gasteiger partial charge in [-0.2, -0.15) is 4.31 Å². The Labute approximate surface area is 201 Å². The molecule has 184 valence electrons. The van der Waals surface area contributed by atoms with E-state index in [4.69, 9.17) is 9.47 Å². The van der Waals surface area contributed by atoms with Gasteiger partial charge in [-0.25, -0.2) is 13.2 Å². The highest BCUT2D eigenvalue weighted by atomic mass is 32.2. The van der Waals surface area contributed by atoms with Crippen molar-refractivity contribution in [3.8, 4) is 0 Å². The van der Waals surface area contributed by atoms with E-state index >= 15 is 0 Å². The molecule has 1 fully saturated rings. The first-order valence-electron chi connectivity index (χ1n) is 11.4. The average molecular weight is 489 g/mol. The molecule has 34 heavy (non-hydrogen) atoms. The standard InChI is InChI=1S/C25H32N2O6S/c1-18-7-9-21(10-8-18)11-12-24(28)26-13-14-32-25(29)22-5-4-6-23(15-22)34(30,31)27-16-19(2)33-20(3)17-27/h4-10,15,19-20H,11-14,16-17H2,1-3H3,(H,26,28). The zero-order valence-electron chi connectivity index (χ0n) is 19.8. The lowest BCUT2D eigenvalue weighted by molar-refractivity contribution is -0.121. The zero-order valence-corrected chi connectivity index (χ0v) is 20.6. The molecule has 2 atom stereocenters. The molecule has 1 amide bonds. The molecule has 9 heteroatoms. The first-order valence-corrected chi connectivity index (χ1v) is 12.8. The summed E-state index contributed by atoms with van der Waals surface area (Å²) in [4.78, 5) is 24.5. The Hall–Kier alpha value is -2.75. The van der Waals surface area contributed by atoms with Crippen LogP contribution in [0.5, 0.6) is 0 Å². The van der Waals surface area contributed by atoms with Crippen LogP contribution in [-0.2, 0) is 30.7 Å². The molecule has 2 aromatic rings. The molecular weight excluding hydrogens is 456 g/mol. The van der Waals surface area contributed by atoms with E-state index in [1.54, 1.807) is 0 Å². The molecule has 0 spiro atoms. The van der Waals surface area contributed by atoms with E-state index in [1.807, 2.05) is 45.0 Å². The van der Waals surface area contributed by atoms with Gasteiger partial charge in [0.25, 0.3) is 0 Å². The second kappa shape index (κ2) is 11.6. The zero-order chi connectivity index (χ0) is 24.7. The van der Waals surface area contributed by atoms with Crippen molar-refractivity contribution in [2.45, 2.75) is 50.7 Å². The number of amides is 1. The first-order chi connectivity index (χ1) is 16.1. The van der Waals surface area contributed by atoms with Crippen LogP contribution in [0, 0.1) is 6.92 Å². The largest absolute Gasteiger partial charge is 0.460 e. The van der Waals surface area contributed by atoms with Gasteiger partial charge in [-0.1, -0.05) is 35.9 Å². The number of nitrogens with zero attached hydrogens (tertiary/aromatic N) is 1. The van der Waals surface area contributed by atoms with Gasteiger partial charge >= 0.3 is 5.97 Å². The van der Waals surface area contributed by atoms with Gasteiger partial charge in [0.15, 0.2) is 0 Å². The summed E-state index contributed by atoms with van der Waals surface area (Å²) in [6.45, 7) is 6.35. The van der Waals surface area contributed by atoms with Gasteiger partial charge in [-0.15, -0.1) is 0 Å². The summed E-state index contributed by atoms with van der Waals surface area (Å²) in [7, 11) is -3.76. The summed E-state index contributed by atoms with van der Waals surface area (Å²) in [5, 5.41) is 2.73. The molecule has 0 saturated carbocycles. The lowest BCUT2D eigenvalue weighted by atomic mass is 10.1. The highest BCUT2D eigenvalue weighted by molar-refractivity contribution is 7.89. The average Bonchev–Trinajstić information content (AvgIpc) is 2.81. The van der Waals surface area contributed by atoms with Gasteiger partial charge in [0.1, 0.15) is 6.61 Å². The molecule has 0 radical (unpaired) electrons. The number of rotatable bonds is 9. The van der Waals surface area contributed by atoms with Crippen molar-refractivity contribution in [2.75, 3.05) is 26.2 Å². The van der Waals surface area contributed by atoms with Crippen molar-refractivity contribution >= 4 is 21.9 Å². The van der Waals surface area contributed by atoms with E-state index in [9.17, 15) is 18.0 Å². The Bertz CT molecular complexity index is 1090. The smallest absolute Gasteiger partial charge is 0.338 e. The molecule has 0 aromatic heterocycles. The van der Waals surface area contributed by atoms with Gasteiger partial charge < -0.3 is 14.8 Å². The lowest BCUT2D eigenvalue weighted by Gasteiger charge is -2.34. The van der Waals surface area contributed by atoms with Gasteiger partial charge in [-0.3, -0.25) is 4.79 Å². The molecule has 0 bridgehead atoms. The quantitative estimate of drug-likeness (QED) is 0.430. The highest BCUT2D eigenvalue weighted by Crippen LogP contribution is 2.22. The van der Waals surface area contributed by atoms with Crippen molar-refractivity contribution < 1.29 is 27.5 Å². The molecule has 0 aliphatic carbocycles. The first kappa shape index (κ1) is 25.9. The fraction of sp³-hybridized carbons (Fsp3) is 0.440. The van der Waals surface area contributed by atoms with Crippen molar-refractivity contribution in [2.24, 2.45) is 0 Å². The minimum absolute atomic E-state index is 0.00935.